The number of imidazole rings is 1. The second kappa shape index (κ2) is 14.4. The highest BCUT2D eigenvalue weighted by molar-refractivity contribution is 5.86. The fraction of sp³-hybridized carbons (Fsp3) is 0.773. The van der Waals surface area contributed by atoms with E-state index in [4.69, 9.17) is 20.7 Å². The summed E-state index contributed by atoms with van der Waals surface area (Å²) in [7, 11) is 0. The van der Waals surface area contributed by atoms with Gasteiger partial charge >= 0.3 is 0 Å². The van der Waals surface area contributed by atoms with Gasteiger partial charge in [0, 0.05) is 31.2 Å². The molecule has 0 aliphatic heterocycles. The van der Waals surface area contributed by atoms with Gasteiger partial charge in [-0.25, -0.2) is 4.98 Å². The number of nitrogens with one attached hydrogen (secondary N) is 2. The van der Waals surface area contributed by atoms with Gasteiger partial charge < -0.3 is 25.8 Å². The third-order valence-electron chi connectivity index (χ3n) is 6.86. The molecular formula is C22H41Cl3N8. The minimum absolute atomic E-state index is 0. The lowest BCUT2D eigenvalue weighted by atomic mass is 9.92. The van der Waals surface area contributed by atoms with E-state index >= 15 is 0 Å². The van der Waals surface area contributed by atoms with Crippen molar-refractivity contribution in [1.29, 1.82) is 0 Å². The summed E-state index contributed by atoms with van der Waals surface area (Å²) in [6.45, 7) is 8.36. The summed E-state index contributed by atoms with van der Waals surface area (Å²) in [6.07, 6.45) is 11.3. The number of rotatable bonds is 9. The molecule has 190 valence electrons. The molecule has 0 spiro atoms. The van der Waals surface area contributed by atoms with Crippen molar-refractivity contribution in [2.45, 2.75) is 83.3 Å². The Hall–Kier alpha value is -1.06. The van der Waals surface area contributed by atoms with E-state index in [1.807, 2.05) is 6.33 Å². The van der Waals surface area contributed by atoms with Crippen LogP contribution in [-0.4, -0.2) is 62.7 Å². The third-order valence-corrected chi connectivity index (χ3v) is 6.86. The molecule has 2 aromatic heterocycles. The van der Waals surface area contributed by atoms with Gasteiger partial charge in [0.15, 0.2) is 17.0 Å². The summed E-state index contributed by atoms with van der Waals surface area (Å²) in [6, 6.07) is 1.25. The molecule has 2 heterocycles. The number of halogens is 3. The first-order valence-corrected chi connectivity index (χ1v) is 11.9. The lowest BCUT2D eigenvalue weighted by Gasteiger charge is -2.27. The Morgan fingerprint density at radius 1 is 1.00 bits per heavy atom. The van der Waals surface area contributed by atoms with Crippen molar-refractivity contribution < 1.29 is 0 Å². The lowest BCUT2D eigenvalue weighted by Crippen LogP contribution is -2.33. The summed E-state index contributed by atoms with van der Waals surface area (Å²) in [5.41, 5.74) is 7.92. The maximum atomic E-state index is 6.08. The fourth-order valence-corrected chi connectivity index (χ4v) is 4.87. The van der Waals surface area contributed by atoms with Gasteiger partial charge in [0.2, 0.25) is 5.95 Å². The largest absolute Gasteiger partial charge is 0.367 e. The molecule has 0 aromatic carbocycles. The molecule has 2 saturated carbocycles. The molecule has 8 nitrogen and oxygen atoms in total. The molecular weight excluding hydrogens is 483 g/mol. The summed E-state index contributed by atoms with van der Waals surface area (Å²) in [4.78, 5) is 16.9. The van der Waals surface area contributed by atoms with E-state index in [9.17, 15) is 0 Å². The Kier molecular flexibility index (Phi) is 13.0. The summed E-state index contributed by atoms with van der Waals surface area (Å²) < 4.78 is 2.28. The minimum atomic E-state index is 0. The van der Waals surface area contributed by atoms with Gasteiger partial charge in [0.05, 0.1) is 6.33 Å². The molecule has 0 radical (unpaired) electrons. The van der Waals surface area contributed by atoms with E-state index in [1.54, 1.807) is 0 Å². The van der Waals surface area contributed by atoms with E-state index in [0.29, 0.717) is 24.1 Å². The number of nitrogens with zero attached hydrogens (tertiary/aromatic N) is 5. The molecule has 2 aliphatic carbocycles. The van der Waals surface area contributed by atoms with Gasteiger partial charge in [-0.3, -0.25) is 0 Å². The second-order valence-corrected chi connectivity index (χ2v) is 8.87. The zero-order valence-electron chi connectivity index (χ0n) is 19.8. The standard InChI is InChI=1S/C22H38N8.3ClH/c1-3-29(4-2)14-13-24-20-19-21(30(15-25-19)18-7-5-6-8-18)28-22(27-20)26-17-11-9-16(23)10-12-17;;;/h15-18H,3-14,23H2,1-2H3,(H2,24,26,27,28);3*1H/t16-,17-;;;. The van der Waals surface area contributed by atoms with Gasteiger partial charge in [-0.1, -0.05) is 26.7 Å². The summed E-state index contributed by atoms with van der Waals surface area (Å²) >= 11 is 0. The lowest BCUT2D eigenvalue weighted by molar-refractivity contribution is 0.316. The first-order valence-electron chi connectivity index (χ1n) is 11.9. The van der Waals surface area contributed by atoms with E-state index < -0.39 is 0 Å². The van der Waals surface area contributed by atoms with Crippen molar-refractivity contribution in [3.05, 3.63) is 6.33 Å². The number of nitrogens with two attached hydrogens (primary N) is 1. The SMILES string of the molecule is CCN(CC)CCNc1nc(N[C@H]2CC[C@H](N)CC2)nc2c1ncn2C1CCCC1.Cl.Cl.Cl. The molecule has 2 aliphatic rings. The Labute approximate surface area is 216 Å². The van der Waals surface area contributed by atoms with Crippen molar-refractivity contribution in [3.63, 3.8) is 0 Å². The molecule has 4 rings (SSSR count). The van der Waals surface area contributed by atoms with Crippen LogP contribution < -0.4 is 16.4 Å². The number of aromatic nitrogens is 4. The van der Waals surface area contributed by atoms with Gasteiger partial charge in [-0.15, -0.1) is 37.2 Å². The summed E-state index contributed by atoms with van der Waals surface area (Å²) in [5, 5.41) is 7.14. The van der Waals surface area contributed by atoms with Crippen LogP contribution in [0.1, 0.15) is 71.3 Å². The van der Waals surface area contributed by atoms with E-state index in [-0.39, 0.29) is 37.2 Å². The van der Waals surface area contributed by atoms with Gasteiger partial charge in [0.25, 0.3) is 0 Å². The third kappa shape index (κ3) is 7.46. The van der Waals surface area contributed by atoms with Crippen molar-refractivity contribution in [1.82, 2.24) is 24.4 Å². The molecule has 0 unspecified atom stereocenters. The number of hydrogen-bond acceptors (Lipinski definition) is 7. The Morgan fingerprint density at radius 2 is 1.67 bits per heavy atom. The predicted molar refractivity (Wildman–Crippen MR) is 145 cm³/mol. The van der Waals surface area contributed by atoms with Crippen LogP contribution in [0.2, 0.25) is 0 Å². The van der Waals surface area contributed by atoms with E-state index in [2.05, 4.69) is 33.9 Å². The van der Waals surface area contributed by atoms with Crippen LogP contribution in [0.4, 0.5) is 11.8 Å². The Balaban J connectivity index is 0.00000181. The average molecular weight is 524 g/mol. The molecule has 2 aromatic rings. The smallest absolute Gasteiger partial charge is 0.227 e. The molecule has 11 heteroatoms. The minimum Gasteiger partial charge on any atom is -0.367 e. The van der Waals surface area contributed by atoms with Crippen LogP contribution in [0.25, 0.3) is 11.2 Å². The molecule has 33 heavy (non-hydrogen) atoms. The zero-order chi connectivity index (χ0) is 20.9. The second-order valence-electron chi connectivity index (χ2n) is 8.87. The van der Waals surface area contributed by atoms with Crippen LogP contribution in [-0.2, 0) is 0 Å². The summed E-state index contributed by atoms with van der Waals surface area (Å²) in [5.74, 6) is 1.56. The van der Waals surface area contributed by atoms with Gasteiger partial charge in [0.1, 0.15) is 0 Å². The topological polar surface area (TPSA) is 96.9 Å². The number of fused-ring (bicyclic) bond motifs is 1. The molecule has 0 atom stereocenters. The van der Waals surface area contributed by atoms with E-state index in [1.165, 1.54) is 25.7 Å². The van der Waals surface area contributed by atoms with Crippen LogP contribution in [0.3, 0.4) is 0 Å². The quantitative estimate of drug-likeness (QED) is 0.440. The van der Waals surface area contributed by atoms with Gasteiger partial charge in [-0.2, -0.15) is 9.97 Å². The molecule has 4 N–H and O–H groups in total. The van der Waals surface area contributed by atoms with Crippen molar-refractivity contribution in [3.8, 4) is 0 Å². The highest BCUT2D eigenvalue weighted by Gasteiger charge is 2.23. The molecule has 2 fully saturated rings. The normalized spacial score (nSPS) is 20.7. The van der Waals surface area contributed by atoms with Crippen molar-refractivity contribution in [2.24, 2.45) is 5.73 Å². The highest BCUT2D eigenvalue weighted by atomic mass is 35.5. The maximum Gasteiger partial charge on any atom is 0.227 e. The molecule has 0 saturated heterocycles. The van der Waals surface area contributed by atoms with Crippen LogP contribution in [0.5, 0.6) is 0 Å². The first-order chi connectivity index (χ1) is 14.7. The highest BCUT2D eigenvalue weighted by Crippen LogP contribution is 2.33. The number of likely N-dealkylation sites (N-methyl/N-ethyl adjacent to an activating group) is 1. The van der Waals surface area contributed by atoms with Crippen LogP contribution in [0.15, 0.2) is 6.33 Å². The number of anilines is 2. The Morgan fingerprint density at radius 3 is 2.30 bits per heavy atom. The predicted octanol–water partition coefficient (Wildman–Crippen LogP) is 4.64. The monoisotopic (exact) mass is 522 g/mol. The van der Waals surface area contributed by atoms with Crippen LogP contribution in [0, 0.1) is 0 Å². The zero-order valence-corrected chi connectivity index (χ0v) is 22.3. The van der Waals surface area contributed by atoms with E-state index in [0.717, 1.165) is 68.8 Å². The first kappa shape index (κ1) is 30.0. The molecule has 0 bridgehead atoms. The van der Waals surface area contributed by atoms with Crippen molar-refractivity contribution in [2.75, 3.05) is 36.8 Å². The van der Waals surface area contributed by atoms with Crippen LogP contribution >= 0.6 is 37.2 Å². The maximum absolute atomic E-state index is 6.08. The molecule has 0 amide bonds. The Bertz CT molecular complexity index is 815. The fourth-order valence-electron chi connectivity index (χ4n) is 4.87. The number of hydrogen-bond donors (Lipinski definition) is 3. The average Bonchev–Trinajstić information content (AvgIpc) is 3.42. The van der Waals surface area contributed by atoms with Crippen molar-refractivity contribution >= 4 is 60.2 Å². The van der Waals surface area contributed by atoms with Gasteiger partial charge in [-0.05, 0) is 51.6 Å².